The van der Waals surface area contributed by atoms with Crippen LogP contribution in [-0.4, -0.2) is 26.0 Å². The maximum Gasteiger partial charge on any atom is 0.258 e. The lowest BCUT2D eigenvalue weighted by Gasteiger charge is -2.21. The van der Waals surface area contributed by atoms with Crippen LogP contribution in [0.3, 0.4) is 0 Å². The van der Waals surface area contributed by atoms with Crippen LogP contribution in [0.15, 0.2) is 48.5 Å². The molecule has 1 aliphatic heterocycles. The molecule has 0 bridgehead atoms. The van der Waals surface area contributed by atoms with E-state index in [4.69, 9.17) is 0 Å². The summed E-state index contributed by atoms with van der Waals surface area (Å²) in [5.41, 5.74) is 2.88. The molecule has 2 aromatic carbocycles. The van der Waals surface area contributed by atoms with Crippen LogP contribution in [0.4, 0.5) is 11.4 Å². The Bertz CT molecular complexity index is 646. The van der Waals surface area contributed by atoms with E-state index in [-0.39, 0.29) is 5.91 Å². The van der Waals surface area contributed by atoms with E-state index in [2.05, 4.69) is 39.6 Å². The molecule has 0 atom stereocenters. The number of hydrogen-bond acceptors (Lipinski definition) is 2. The molecule has 0 aromatic heterocycles. The maximum absolute atomic E-state index is 12.5. The van der Waals surface area contributed by atoms with Crippen molar-refractivity contribution >= 4 is 39.9 Å². The van der Waals surface area contributed by atoms with Crippen LogP contribution >= 0.6 is 22.6 Å². The van der Waals surface area contributed by atoms with Crippen molar-refractivity contribution in [2.45, 2.75) is 12.8 Å². The standard InChI is InChI=1S/C18H19IN2O/c1-20(18(22)14-4-6-15(19)7-5-14)16-8-10-17(11-9-16)21-12-2-3-13-21/h4-11H,2-3,12-13H2,1H3. The van der Waals surface area contributed by atoms with Gasteiger partial charge in [0.05, 0.1) is 0 Å². The lowest BCUT2D eigenvalue weighted by Crippen LogP contribution is -2.26. The van der Waals surface area contributed by atoms with Gasteiger partial charge in [0, 0.05) is 40.6 Å². The second-order valence-electron chi connectivity index (χ2n) is 5.58. The average molecular weight is 406 g/mol. The Morgan fingerprint density at radius 3 is 2.18 bits per heavy atom. The fourth-order valence-electron chi connectivity index (χ4n) is 2.77. The van der Waals surface area contributed by atoms with E-state index in [9.17, 15) is 4.79 Å². The molecule has 1 heterocycles. The lowest BCUT2D eigenvalue weighted by atomic mass is 10.2. The van der Waals surface area contributed by atoms with Gasteiger partial charge in [0.1, 0.15) is 0 Å². The van der Waals surface area contributed by atoms with Crippen LogP contribution in [-0.2, 0) is 0 Å². The zero-order valence-electron chi connectivity index (χ0n) is 12.6. The summed E-state index contributed by atoms with van der Waals surface area (Å²) in [5.74, 6) is 0.0188. The Balaban J connectivity index is 1.75. The van der Waals surface area contributed by atoms with Crippen LogP contribution in [0, 0.1) is 3.57 Å². The van der Waals surface area contributed by atoms with E-state index in [1.165, 1.54) is 18.5 Å². The molecule has 0 aliphatic carbocycles. The van der Waals surface area contributed by atoms with Crippen molar-refractivity contribution in [3.05, 3.63) is 57.7 Å². The molecule has 0 N–H and O–H groups in total. The van der Waals surface area contributed by atoms with Crippen molar-refractivity contribution in [2.24, 2.45) is 0 Å². The summed E-state index contributed by atoms with van der Waals surface area (Å²) >= 11 is 2.24. The number of nitrogens with zero attached hydrogens (tertiary/aromatic N) is 2. The van der Waals surface area contributed by atoms with Gasteiger partial charge in [0.2, 0.25) is 0 Å². The summed E-state index contributed by atoms with van der Waals surface area (Å²) in [5, 5.41) is 0. The number of hydrogen-bond donors (Lipinski definition) is 0. The molecule has 22 heavy (non-hydrogen) atoms. The monoisotopic (exact) mass is 406 g/mol. The number of rotatable bonds is 3. The molecule has 0 saturated carbocycles. The van der Waals surface area contributed by atoms with Gasteiger partial charge >= 0.3 is 0 Å². The Kier molecular flexibility index (Phi) is 4.66. The summed E-state index contributed by atoms with van der Waals surface area (Å²) in [6, 6.07) is 15.9. The first-order valence-corrected chi connectivity index (χ1v) is 8.62. The molecule has 114 valence electrons. The van der Waals surface area contributed by atoms with Crippen LogP contribution in [0.2, 0.25) is 0 Å². The van der Waals surface area contributed by atoms with Crippen LogP contribution in [0.25, 0.3) is 0 Å². The predicted molar refractivity (Wildman–Crippen MR) is 99.8 cm³/mol. The third-order valence-electron chi connectivity index (χ3n) is 4.10. The predicted octanol–water partition coefficient (Wildman–Crippen LogP) is 4.17. The van der Waals surface area contributed by atoms with Crippen molar-refractivity contribution in [1.82, 2.24) is 0 Å². The van der Waals surface area contributed by atoms with E-state index in [1.54, 1.807) is 4.90 Å². The van der Waals surface area contributed by atoms with Gasteiger partial charge in [-0.15, -0.1) is 0 Å². The van der Waals surface area contributed by atoms with E-state index in [0.717, 1.165) is 22.3 Å². The van der Waals surface area contributed by atoms with Gasteiger partial charge in [-0.2, -0.15) is 0 Å². The molecule has 1 fully saturated rings. The Morgan fingerprint density at radius 2 is 1.59 bits per heavy atom. The van der Waals surface area contributed by atoms with E-state index >= 15 is 0 Å². The minimum absolute atomic E-state index is 0.0188. The fraction of sp³-hybridized carbons (Fsp3) is 0.278. The summed E-state index contributed by atoms with van der Waals surface area (Å²) in [4.78, 5) is 16.6. The normalized spacial score (nSPS) is 14.2. The minimum atomic E-state index is 0.0188. The molecule has 1 aliphatic rings. The van der Waals surface area contributed by atoms with Crippen molar-refractivity contribution in [3.63, 3.8) is 0 Å². The number of benzene rings is 2. The zero-order valence-corrected chi connectivity index (χ0v) is 14.8. The molecule has 0 radical (unpaired) electrons. The summed E-state index contributed by atoms with van der Waals surface area (Å²) in [6.45, 7) is 2.27. The third kappa shape index (κ3) is 3.27. The van der Waals surface area contributed by atoms with Gasteiger partial charge < -0.3 is 9.80 Å². The first-order valence-electron chi connectivity index (χ1n) is 7.54. The highest BCUT2D eigenvalue weighted by atomic mass is 127. The van der Waals surface area contributed by atoms with E-state index in [0.29, 0.717) is 5.56 Å². The summed E-state index contributed by atoms with van der Waals surface area (Å²) in [6.07, 6.45) is 2.54. The van der Waals surface area contributed by atoms with Gasteiger partial charge in [0.15, 0.2) is 0 Å². The molecule has 0 unspecified atom stereocenters. The zero-order chi connectivity index (χ0) is 15.5. The highest BCUT2D eigenvalue weighted by molar-refractivity contribution is 14.1. The fourth-order valence-corrected chi connectivity index (χ4v) is 3.13. The smallest absolute Gasteiger partial charge is 0.258 e. The maximum atomic E-state index is 12.5. The van der Waals surface area contributed by atoms with Crippen LogP contribution in [0.1, 0.15) is 23.2 Å². The lowest BCUT2D eigenvalue weighted by molar-refractivity contribution is 0.0993. The van der Waals surface area contributed by atoms with E-state index in [1.807, 2.05) is 43.4 Å². The highest BCUT2D eigenvalue weighted by Gasteiger charge is 2.15. The van der Waals surface area contributed by atoms with Crippen molar-refractivity contribution in [3.8, 4) is 0 Å². The molecule has 1 saturated heterocycles. The van der Waals surface area contributed by atoms with E-state index < -0.39 is 0 Å². The Hall–Kier alpha value is -1.56. The molecule has 3 rings (SSSR count). The quantitative estimate of drug-likeness (QED) is 0.715. The molecule has 3 nitrogen and oxygen atoms in total. The van der Waals surface area contributed by atoms with Gasteiger partial charge in [-0.1, -0.05) is 0 Å². The van der Waals surface area contributed by atoms with Crippen LogP contribution < -0.4 is 9.80 Å². The molecule has 2 aromatic rings. The summed E-state index contributed by atoms with van der Waals surface area (Å²) < 4.78 is 1.13. The number of carbonyl (C=O) groups excluding carboxylic acids is 1. The van der Waals surface area contributed by atoms with Crippen LogP contribution in [0.5, 0.6) is 0 Å². The molecule has 0 spiro atoms. The first-order chi connectivity index (χ1) is 10.6. The van der Waals surface area contributed by atoms with Gasteiger partial charge in [-0.25, -0.2) is 0 Å². The minimum Gasteiger partial charge on any atom is -0.372 e. The summed E-state index contributed by atoms with van der Waals surface area (Å²) in [7, 11) is 1.82. The van der Waals surface area contributed by atoms with Crippen molar-refractivity contribution in [1.29, 1.82) is 0 Å². The highest BCUT2D eigenvalue weighted by Crippen LogP contribution is 2.24. The number of halogens is 1. The SMILES string of the molecule is CN(C(=O)c1ccc(I)cc1)c1ccc(N2CCCC2)cc1. The molecular formula is C18H19IN2O. The Labute approximate surface area is 145 Å². The largest absolute Gasteiger partial charge is 0.372 e. The third-order valence-corrected chi connectivity index (χ3v) is 4.82. The number of carbonyl (C=O) groups is 1. The molecule has 4 heteroatoms. The van der Waals surface area contributed by atoms with Crippen molar-refractivity contribution in [2.75, 3.05) is 29.9 Å². The van der Waals surface area contributed by atoms with Gasteiger partial charge in [-0.05, 0) is 84.0 Å². The van der Waals surface area contributed by atoms with Gasteiger partial charge in [-0.3, -0.25) is 4.79 Å². The number of amides is 1. The van der Waals surface area contributed by atoms with Crippen molar-refractivity contribution < 1.29 is 4.79 Å². The average Bonchev–Trinajstić information content (AvgIpc) is 3.09. The molecule has 1 amide bonds. The second-order valence-corrected chi connectivity index (χ2v) is 6.83. The first kappa shape index (κ1) is 15.3. The second kappa shape index (κ2) is 6.69. The number of anilines is 2. The van der Waals surface area contributed by atoms with Gasteiger partial charge in [0.25, 0.3) is 5.91 Å². The topological polar surface area (TPSA) is 23.6 Å². The molecular weight excluding hydrogens is 387 g/mol. The Morgan fingerprint density at radius 1 is 1.00 bits per heavy atom.